The van der Waals surface area contributed by atoms with Crippen LogP contribution in [0.5, 0.6) is 0 Å². The van der Waals surface area contributed by atoms with Crippen molar-refractivity contribution in [3.8, 4) is 0 Å². The number of rotatable bonds is 2. The maximum atomic E-state index is 12.2. The zero-order chi connectivity index (χ0) is 12.4. The largest absolute Gasteiger partial charge is 0.392 e. The molecule has 0 radical (unpaired) electrons. The molecular formula is C13H18N2O2. The number of benzene rings is 1. The van der Waals surface area contributed by atoms with E-state index in [4.69, 9.17) is 0 Å². The first-order chi connectivity index (χ1) is 8.09. The van der Waals surface area contributed by atoms with E-state index in [1.807, 2.05) is 31.2 Å². The average molecular weight is 234 g/mol. The number of fused-ring (bicyclic) bond motifs is 1. The third-order valence-electron chi connectivity index (χ3n) is 2.96. The number of nitrogens with zero attached hydrogens (tertiary/aromatic N) is 1. The van der Waals surface area contributed by atoms with Crippen molar-refractivity contribution in [3.05, 3.63) is 29.8 Å². The van der Waals surface area contributed by atoms with E-state index in [9.17, 15) is 9.90 Å². The number of carbonyl (C=O) groups excluding carboxylic acids is 1. The van der Waals surface area contributed by atoms with Gasteiger partial charge in [-0.05, 0) is 25.5 Å². The van der Waals surface area contributed by atoms with Crippen LogP contribution in [0.15, 0.2) is 24.3 Å². The lowest BCUT2D eigenvalue weighted by molar-refractivity contribution is -0.120. The Hall–Kier alpha value is -1.39. The van der Waals surface area contributed by atoms with Gasteiger partial charge >= 0.3 is 0 Å². The molecule has 0 saturated carbocycles. The standard InChI is InChI=1S/C13H18N2O2/c1-9(16)8-15-12-6-4-3-5-11(12)7-14-10(2)13(15)17/h3-6,9-10,14,16H,7-8H2,1-2H3. The van der Waals surface area contributed by atoms with Gasteiger partial charge in [-0.15, -0.1) is 0 Å². The number of anilines is 1. The van der Waals surface area contributed by atoms with Gasteiger partial charge in [0.05, 0.1) is 18.7 Å². The predicted molar refractivity (Wildman–Crippen MR) is 66.8 cm³/mol. The van der Waals surface area contributed by atoms with E-state index < -0.39 is 6.10 Å². The van der Waals surface area contributed by atoms with Gasteiger partial charge in [-0.3, -0.25) is 4.79 Å². The van der Waals surface area contributed by atoms with Gasteiger partial charge in [-0.2, -0.15) is 0 Å². The highest BCUT2D eigenvalue weighted by molar-refractivity contribution is 5.98. The SMILES string of the molecule is CC(O)CN1C(=O)C(C)NCc2ccccc21. The van der Waals surface area contributed by atoms with Gasteiger partial charge in [0.1, 0.15) is 0 Å². The molecule has 2 N–H and O–H groups in total. The number of nitrogens with one attached hydrogen (secondary N) is 1. The third kappa shape index (κ3) is 2.48. The first-order valence-electron chi connectivity index (χ1n) is 5.90. The molecule has 1 aromatic rings. The van der Waals surface area contributed by atoms with E-state index in [0.717, 1.165) is 11.3 Å². The number of para-hydroxylation sites is 1. The van der Waals surface area contributed by atoms with Gasteiger partial charge < -0.3 is 15.3 Å². The third-order valence-corrected chi connectivity index (χ3v) is 2.96. The van der Waals surface area contributed by atoms with Gasteiger partial charge in [0.25, 0.3) is 0 Å². The summed E-state index contributed by atoms with van der Waals surface area (Å²) < 4.78 is 0. The number of hydrogen-bond acceptors (Lipinski definition) is 3. The highest BCUT2D eigenvalue weighted by atomic mass is 16.3. The first kappa shape index (κ1) is 12.1. The fourth-order valence-corrected chi connectivity index (χ4v) is 2.08. The van der Waals surface area contributed by atoms with Gasteiger partial charge in [-0.1, -0.05) is 18.2 Å². The van der Waals surface area contributed by atoms with Crippen molar-refractivity contribution in [3.63, 3.8) is 0 Å². The van der Waals surface area contributed by atoms with E-state index >= 15 is 0 Å². The minimum Gasteiger partial charge on any atom is -0.392 e. The number of aliphatic hydroxyl groups excluding tert-OH is 1. The van der Waals surface area contributed by atoms with Crippen molar-refractivity contribution in [2.75, 3.05) is 11.4 Å². The van der Waals surface area contributed by atoms with Crippen LogP contribution < -0.4 is 10.2 Å². The Morgan fingerprint density at radius 1 is 1.53 bits per heavy atom. The van der Waals surface area contributed by atoms with Crippen LogP contribution in [0.4, 0.5) is 5.69 Å². The Morgan fingerprint density at radius 3 is 2.94 bits per heavy atom. The van der Waals surface area contributed by atoms with Crippen molar-refractivity contribution in [2.24, 2.45) is 0 Å². The smallest absolute Gasteiger partial charge is 0.243 e. The summed E-state index contributed by atoms with van der Waals surface area (Å²) in [6.45, 7) is 4.56. The average Bonchev–Trinajstić information content (AvgIpc) is 2.42. The second-order valence-corrected chi connectivity index (χ2v) is 4.53. The second kappa shape index (κ2) is 4.85. The molecule has 0 saturated heterocycles. The number of carbonyl (C=O) groups is 1. The molecule has 0 aliphatic carbocycles. The van der Waals surface area contributed by atoms with Crippen molar-refractivity contribution < 1.29 is 9.90 Å². The Labute approximate surface area is 101 Å². The topological polar surface area (TPSA) is 52.6 Å². The fraction of sp³-hybridized carbons (Fsp3) is 0.462. The van der Waals surface area contributed by atoms with Gasteiger partial charge in [0.2, 0.25) is 5.91 Å². The molecule has 0 fully saturated rings. The molecule has 1 heterocycles. The maximum absolute atomic E-state index is 12.2. The van der Waals surface area contributed by atoms with Gasteiger partial charge in [0, 0.05) is 12.2 Å². The molecule has 4 nitrogen and oxygen atoms in total. The normalized spacial score (nSPS) is 21.9. The molecule has 1 aliphatic rings. The van der Waals surface area contributed by atoms with Crippen LogP contribution in [0.25, 0.3) is 0 Å². The molecule has 0 bridgehead atoms. The van der Waals surface area contributed by atoms with E-state index in [1.165, 1.54) is 0 Å². The van der Waals surface area contributed by atoms with Crippen LogP contribution in [0.2, 0.25) is 0 Å². The summed E-state index contributed by atoms with van der Waals surface area (Å²) in [5, 5.41) is 12.7. The molecule has 4 heteroatoms. The quantitative estimate of drug-likeness (QED) is 0.799. The molecule has 2 unspecified atom stereocenters. The maximum Gasteiger partial charge on any atom is 0.243 e. The van der Waals surface area contributed by atoms with E-state index in [1.54, 1.807) is 11.8 Å². The lowest BCUT2D eigenvalue weighted by atomic mass is 10.1. The summed E-state index contributed by atoms with van der Waals surface area (Å²) in [6, 6.07) is 7.58. The molecule has 17 heavy (non-hydrogen) atoms. The molecule has 2 atom stereocenters. The molecule has 1 aromatic carbocycles. The van der Waals surface area contributed by atoms with Gasteiger partial charge in [-0.25, -0.2) is 0 Å². The monoisotopic (exact) mass is 234 g/mol. The summed E-state index contributed by atoms with van der Waals surface area (Å²) >= 11 is 0. The summed E-state index contributed by atoms with van der Waals surface area (Å²) in [7, 11) is 0. The van der Waals surface area contributed by atoms with Crippen molar-refractivity contribution in [2.45, 2.75) is 32.5 Å². The number of β-amino-alcohol motifs (C(OH)–C–C–N with tert-alkyl or cyclic N) is 1. The Balaban J connectivity index is 2.39. The van der Waals surface area contributed by atoms with Crippen molar-refractivity contribution in [1.82, 2.24) is 5.32 Å². The zero-order valence-corrected chi connectivity index (χ0v) is 10.2. The first-order valence-corrected chi connectivity index (χ1v) is 5.90. The lowest BCUT2D eigenvalue weighted by Gasteiger charge is -2.25. The summed E-state index contributed by atoms with van der Waals surface area (Å²) in [6.07, 6.45) is -0.530. The Morgan fingerprint density at radius 2 is 2.24 bits per heavy atom. The number of amides is 1. The predicted octanol–water partition coefficient (Wildman–Crippen LogP) is 0.892. The summed E-state index contributed by atoms with van der Waals surface area (Å²) in [5.74, 6) is 0.0100. The van der Waals surface area contributed by atoms with Crippen LogP contribution in [-0.4, -0.2) is 29.7 Å². The molecule has 2 rings (SSSR count). The second-order valence-electron chi connectivity index (χ2n) is 4.53. The molecule has 1 amide bonds. The zero-order valence-electron chi connectivity index (χ0n) is 10.2. The van der Waals surface area contributed by atoms with Crippen LogP contribution in [0.1, 0.15) is 19.4 Å². The number of aliphatic hydroxyl groups is 1. The number of hydrogen-bond donors (Lipinski definition) is 2. The molecule has 92 valence electrons. The van der Waals surface area contributed by atoms with E-state index in [2.05, 4.69) is 5.32 Å². The van der Waals surface area contributed by atoms with E-state index in [0.29, 0.717) is 13.1 Å². The van der Waals surface area contributed by atoms with Gasteiger partial charge in [0.15, 0.2) is 0 Å². The molecule has 1 aliphatic heterocycles. The highest BCUT2D eigenvalue weighted by Crippen LogP contribution is 2.24. The van der Waals surface area contributed by atoms with Crippen LogP contribution in [-0.2, 0) is 11.3 Å². The minimum absolute atomic E-state index is 0.0100. The summed E-state index contributed by atoms with van der Waals surface area (Å²) in [5.41, 5.74) is 1.99. The van der Waals surface area contributed by atoms with E-state index in [-0.39, 0.29) is 11.9 Å². The lowest BCUT2D eigenvalue weighted by Crippen LogP contribution is -2.45. The van der Waals surface area contributed by atoms with Crippen molar-refractivity contribution in [1.29, 1.82) is 0 Å². The van der Waals surface area contributed by atoms with Crippen LogP contribution in [0.3, 0.4) is 0 Å². The molecular weight excluding hydrogens is 216 g/mol. The minimum atomic E-state index is -0.530. The highest BCUT2D eigenvalue weighted by Gasteiger charge is 2.27. The fourth-order valence-electron chi connectivity index (χ4n) is 2.08. The van der Waals surface area contributed by atoms with Crippen LogP contribution in [0, 0.1) is 0 Å². The van der Waals surface area contributed by atoms with Crippen molar-refractivity contribution >= 4 is 11.6 Å². The summed E-state index contributed by atoms with van der Waals surface area (Å²) in [4.78, 5) is 13.9. The Kier molecular flexibility index (Phi) is 3.45. The molecule has 0 aromatic heterocycles. The molecule has 0 spiro atoms. The van der Waals surface area contributed by atoms with Crippen LogP contribution >= 0.6 is 0 Å². The Bertz CT molecular complexity index is 418.